The van der Waals surface area contributed by atoms with Crippen LogP contribution >= 0.6 is 0 Å². The molecule has 4 heteroatoms. The molecule has 0 spiro atoms. The SMILES string of the molecule is CCC1CCC(Nc2nc3cc(N)ccc3o2)CC1. The van der Waals surface area contributed by atoms with Gasteiger partial charge in [0.1, 0.15) is 5.52 Å². The van der Waals surface area contributed by atoms with Gasteiger partial charge in [-0.1, -0.05) is 13.3 Å². The monoisotopic (exact) mass is 259 g/mol. The quantitative estimate of drug-likeness (QED) is 0.823. The van der Waals surface area contributed by atoms with Crippen molar-refractivity contribution in [1.29, 1.82) is 0 Å². The van der Waals surface area contributed by atoms with Crippen molar-refractivity contribution < 1.29 is 4.42 Å². The number of fused-ring (bicyclic) bond motifs is 1. The van der Waals surface area contributed by atoms with Crippen molar-refractivity contribution in [2.24, 2.45) is 5.92 Å². The van der Waals surface area contributed by atoms with Crippen LogP contribution in [0.4, 0.5) is 11.7 Å². The van der Waals surface area contributed by atoms with Gasteiger partial charge in [0, 0.05) is 11.7 Å². The molecule has 3 rings (SSSR count). The number of nitrogens with two attached hydrogens (primary N) is 1. The van der Waals surface area contributed by atoms with Crippen LogP contribution in [0.15, 0.2) is 22.6 Å². The summed E-state index contributed by atoms with van der Waals surface area (Å²) in [5.74, 6) is 0.904. The van der Waals surface area contributed by atoms with Crippen LogP contribution in [0.2, 0.25) is 0 Å². The molecule has 0 radical (unpaired) electrons. The van der Waals surface area contributed by atoms with E-state index in [4.69, 9.17) is 10.2 Å². The zero-order valence-electron chi connectivity index (χ0n) is 11.4. The smallest absolute Gasteiger partial charge is 0.295 e. The lowest BCUT2D eigenvalue weighted by Gasteiger charge is -2.27. The van der Waals surface area contributed by atoms with Crippen molar-refractivity contribution >= 4 is 22.8 Å². The van der Waals surface area contributed by atoms with Crippen molar-refractivity contribution in [3.05, 3.63) is 18.2 Å². The molecule has 1 fully saturated rings. The van der Waals surface area contributed by atoms with E-state index in [0.29, 0.717) is 12.1 Å². The lowest BCUT2D eigenvalue weighted by molar-refractivity contribution is 0.327. The van der Waals surface area contributed by atoms with Crippen molar-refractivity contribution in [2.45, 2.75) is 45.1 Å². The van der Waals surface area contributed by atoms with E-state index in [-0.39, 0.29) is 0 Å². The minimum atomic E-state index is 0.494. The predicted molar refractivity (Wildman–Crippen MR) is 78.1 cm³/mol. The zero-order chi connectivity index (χ0) is 13.2. The Bertz CT molecular complexity index is 556. The Kier molecular flexibility index (Phi) is 3.32. The van der Waals surface area contributed by atoms with E-state index >= 15 is 0 Å². The molecule has 1 aliphatic rings. The van der Waals surface area contributed by atoms with E-state index in [2.05, 4.69) is 17.2 Å². The minimum Gasteiger partial charge on any atom is -0.424 e. The van der Waals surface area contributed by atoms with Crippen LogP contribution in [0, 0.1) is 5.92 Å². The summed E-state index contributed by atoms with van der Waals surface area (Å²) in [6, 6.07) is 6.67. The molecule has 0 aliphatic heterocycles. The summed E-state index contributed by atoms with van der Waals surface area (Å²) in [6.07, 6.45) is 6.33. The van der Waals surface area contributed by atoms with Crippen LogP contribution in [0.25, 0.3) is 11.1 Å². The number of rotatable bonds is 3. The summed E-state index contributed by atoms with van der Waals surface area (Å²) in [6.45, 7) is 2.28. The molecule has 0 amide bonds. The number of nitrogen functional groups attached to an aromatic ring is 1. The Hall–Kier alpha value is -1.71. The average Bonchev–Trinajstić information content (AvgIpc) is 2.81. The Morgan fingerprint density at radius 1 is 1.32 bits per heavy atom. The van der Waals surface area contributed by atoms with Gasteiger partial charge in [-0.25, -0.2) is 0 Å². The molecule has 1 heterocycles. The lowest BCUT2D eigenvalue weighted by Crippen LogP contribution is -2.25. The number of hydrogen-bond donors (Lipinski definition) is 2. The lowest BCUT2D eigenvalue weighted by atomic mass is 9.85. The van der Waals surface area contributed by atoms with Gasteiger partial charge in [0.2, 0.25) is 0 Å². The molecule has 3 N–H and O–H groups in total. The fourth-order valence-electron chi connectivity index (χ4n) is 2.90. The molecule has 1 aromatic carbocycles. The van der Waals surface area contributed by atoms with E-state index in [1.54, 1.807) is 0 Å². The maximum atomic E-state index is 5.75. The molecule has 2 aromatic rings. The van der Waals surface area contributed by atoms with Crippen molar-refractivity contribution in [1.82, 2.24) is 4.98 Å². The van der Waals surface area contributed by atoms with Crippen LogP contribution in [0.1, 0.15) is 39.0 Å². The average molecular weight is 259 g/mol. The van der Waals surface area contributed by atoms with Gasteiger partial charge in [-0.2, -0.15) is 4.98 Å². The van der Waals surface area contributed by atoms with Gasteiger partial charge in [0.05, 0.1) is 0 Å². The summed E-state index contributed by atoms with van der Waals surface area (Å²) in [4.78, 5) is 4.45. The number of anilines is 2. The fraction of sp³-hybridized carbons (Fsp3) is 0.533. The third-order valence-corrected chi connectivity index (χ3v) is 4.16. The van der Waals surface area contributed by atoms with Crippen LogP contribution in [-0.2, 0) is 0 Å². The molecule has 0 bridgehead atoms. The van der Waals surface area contributed by atoms with E-state index in [1.807, 2.05) is 18.2 Å². The Balaban J connectivity index is 1.68. The first-order chi connectivity index (χ1) is 9.24. The van der Waals surface area contributed by atoms with Gasteiger partial charge in [-0.15, -0.1) is 0 Å². The molecular formula is C15H21N3O. The molecule has 19 heavy (non-hydrogen) atoms. The second-order valence-corrected chi connectivity index (χ2v) is 5.52. The van der Waals surface area contributed by atoms with Crippen LogP contribution in [-0.4, -0.2) is 11.0 Å². The highest BCUT2D eigenvalue weighted by molar-refractivity contribution is 5.78. The highest BCUT2D eigenvalue weighted by Crippen LogP contribution is 2.29. The second kappa shape index (κ2) is 5.11. The number of aromatic nitrogens is 1. The van der Waals surface area contributed by atoms with Crippen LogP contribution in [0.3, 0.4) is 0 Å². The summed E-state index contributed by atoms with van der Waals surface area (Å²) in [7, 11) is 0. The standard InChI is InChI=1S/C15H21N3O/c1-2-10-3-6-12(7-4-10)17-15-18-13-9-11(16)5-8-14(13)19-15/h5,8-10,12H,2-4,6-7,16H2,1H3,(H,17,18). The topological polar surface area (TPSA) is 64.1 Å². The third-order valence-electron chi connectivity index (χ3n) is 4.16. The third kappa shape index (κ3) is 2.67. The van der Waals surface area contributed by atoms with E-state index in [0.717, 1.165) is 22.7 Å². The van der Waals surface area contributed by atoms with Crippen LogP contribution in [0.5, 0.6) is 0 Å². The highest BCUT2D eigenvalue weighted by atomic mass is 16.4. The maximum absolute atomic E-state index is 5.75. The Morgan fingerprint density at radius 3 is 2.84 bits per heavy atom. The first kappa shape index (κ1) is 12.3. The Morgan fingerprint density at radius 2 is 2.11 bits per heavy atom. The van der Waals surface area contributed by atoms with Gasteiger partial charge in [-0.3, -0.25) is 0 Å². The minimum absolute atomic E-state index is 0.494. The largest absolute Gasteiger partial charge is 0.424 e. The summed E-state index contributed by atoms with van der Waals surface area (Å²) in [5.41, 5.74) is 8.08. The molecule has 1 aromatic heterocycles. The predicted octanol–water partition coefficient (Wildman–Crippen LogP) is 3.79. The summed E-state index contributed by atoms with van der Waals surface area (Å²) >= 11 is 0. The second-order valence-electron chi connectivity index (χ2n) is 5.52. The first-order valence-electron chi connectivity index (χ1n) is 7.17. The Labute approximate surface area is 113 Å². The molecule has 1 aliphatic carbocycles. The summed E-state index contributed by atoms with van der Waals surface area (Å²) in [5, 5.41) is 3.42. The van der Waals surface area contributed by atoms with Gasteiger partial charge in [0.25, 0.3) is 6.01 Å². The first-order valence-corrected chi connectivity index (χ1v) is 7.17. The number of benzene rings is 1. The van der Waals surface area contributed by atoms with Gasteiger partial charge < -0.3 is 15.5 Å². The molecule has 0 saturated heterocycles. The highest BCUT2D eigenvalue weighted by Gasteiger charge is 2.21. The zero-order valence-corrected chi connectivity index (χ0v) is 11.4. The fourth-order valence-corrected chi connectivity index (χ4v) is 2.90. The number of nitrogens with zero attached hydrogens (tertiary/aromatic N) is 1. The number of hydrogen-bond acceptors (Lipinski definition) is 4. The van der Waals surface area contributed by atoms with Crippen molar-refractivity contribution in [3.8, 4) is 0 Å². The summed E-state index contributed by atoms with van der Waals surface area (Å²) < 4.78 is 5.70. The van der Waals surface area contributed by atoms with Gasteiger partial charge in [-0.05, 0) is 49.8 Å². The molecular weight excluding hydrogens is 238 g/mol. The molecule has 4 nitrogen and oxygen atoms in total. The van der Waals surface area contributed by atoms with Gasteiger partial charge in [0.15, 0.2) is 5.58 Å². The molecule has 0 unspecified atom stereocenters. The molecule has 1 saturated carbocycles. The van der Waals surface area contributed by atoms with E-state index < -0.39 is 0 Å². The van der Waals surface area contributed by atoms with Gasteiger partial charge >= 0.3 is 0 Å². The number of oxazole rings is 1. The number of nitrogens with one attached hydrogen (secondary N) is 1. The van der Waals surface area contributed by atoms with E-state index in [1.165, 1.54) is 32.1 Å². The van der Waals surface area contributed by atoms with Crippen molar-refractivity contribution in [2.75, 3.05) is 11.1 Å². The van der Waals surface area contributed by atoms with E-state index in [9.17, 15) is 0 Å². The normalized spacial score (nSPS) is 23.6. The van der Waals surface area contributed by atoms with Crippen molar-refractivity contribution in [3.63, 3.8) is 0 Å². The van der Waals surface area contributed by atoms with Crippen LogP contribution < -0.4 is 11.1 Å². The maximum Gasteiger partial charge on any atom is 0.295 e. The molecule has 102 valence electrons. The molecule has 0 atom stereocenters.